The van der Waals surface area contributed by atoms with Gasteiger partial charge in [0.05, 0.1) is 13.7 Å². The molecule has 0 spiro atoms. The summed E-state index contributed by atoms with van der Waals surface area (Å²) >= 11 is 0. The summed E-state index contributed by atoms with van der Waals surface area (Å²) in [6.45, 7) is 0.571. The van der Waals surface area contributed by atoms with Crippen molar-refractivity contribution in [1.29, 1.82) is 0 Å². The molecule has 0 aliphatic heterocycles. The zero-order valence-electron chi connectivity index (χ0n) is 8.23. The molecule has 0 aliphatic carbocycles. The fourth-order valence-electron chi connectivity index (χ4n) is 1.42. The SMILES string of the molecule is COc1ccccc1C(CO)CNN. The molecule has 4 N–H and O–H groups in total. The highest BCUT2D eigenvalue weighted by Gasteiger charge is 2.13. The molecule has 14 heavy (non-hydrogen) atoms. The maximum atomic E-state index is 9.18. The number of nitrogens with one attached hydrogen (secondary N) is 1. The minimum Gasteiger partial charge on any atom is -0.496 e. The van der Waals surface area contributed by atoms with E-state index < -0.39 is 0 Å². The molecule has 4 nitrogen and oxygen atoms in total. The third-order valence-corrected chi connectivity index (χ3v) is 2.16. The van der Waals surface area contributed by atoms with E-state index in [4.69, 9.17) is 10.6 Å². The van der Waals surface area contributed by atoms with Gasteiger partial charge in [-0.25, -0.2) is 0 Å². The van der Waals surface area contributed by atoms with E-state index in [1.807, 2.05) is 24.3 Å². The second-order valence-corrected chi connectivity index (χ2v) is 3.03. The lowest BCUT2D eigenvalue weighted by atomic mass is 9.99. The zero-order valence-corrected chi connectivity index (χ0v) is 8.23. The van der Waals surface area contributed by atoms with Crippen molar-refractivity contribution in [1.82, 2.24) is 5.43 Å². The van der Waals surface area contributed by atoms with Crippen LogP contribution in [0.15, 0.2) is 24.3 Å². The highest BCUT2D eigenvalue weighted by Crippen LogP contribution is 2.25. The first-order valence-electron chi connectivity index (χ1n) is 4.50. The Labute approximate surface area is 83.7 Å². The third kappa shape index (κ3) is 2.45. The summed E-state index contributed by atoms with van der Waals surface area (Å²) in [6.07, 6.45) is 0. The standard InChI is InChI=1S/C10H16N2O2/c1-14-10-5-3-2-4-9(10)8(7-13)6-12-11/h2-5,8,12-13H,6-7,11H2,1H3. The minimum atomic E-state index is -0.0313. The Morgan fingerprint density at radius 3 is 2.79 bits per heavy atom. The van der Waals surface area contributed by atoms with Crippen LogP contribution in [-0.4, -0.2) is 25.4 Å². The Morgan fingerprint density at radius 2 is 2.21 bits per heavy atom. The summed E-state index contributed by atoms with van der Waals surface area (Å²) in [7, 11) is 1.61. The Balaban J connectivity index is 2.90. The lowest BCUT2D eigenvalue weighted by Gasteiger charge is -2.16. The summed E-state index contributed by atoms with van der Waals surface area (Å²) in [5, 5.41) is 9.18. The predicted octanol–water partition coefficient (Wildman–Crippen LogP) is 0.234. The van der Waals surface area contributed by atoms with Gasteiger partial charge in [-0.2, -0.15) is 0 Å². The predicted molar refractivity (Wildman–Crippen MR) is 55.0 cm³/mol. The van der Waals surface area contributed by atoms with Gasteiger partial charge < -0.3 is 9.84 Å². The van der Waals surface area contributed by atoms with Crippen molar-refractivity contribution in [3.8, 4) is 5.75 Å². The molecule has 0 aromatic heterocycles. The highest BCUT2D eigenvalue weighted by atomic mass is 16.5. The molecule has 1 atom stereocenters. The molecule has 1 rings (SSSR count). The average Bonchev–Trinajstić information content (AvgIpc) is 2.26. The van der Waals surface area contributed by atoms with Crippen LogP contribution in [0.1, 0.15) is 11.5 Å². The van der Waals surface area contributed by atoms with Crippen LogP contribution in [-0.2, 0) is 0 Å². The minimum absolute atomic E-state index is 0.0313. The molecule has 78 valence electrons. The van der Waals surface area contributed by atoms with Gasteiger partial charge in [0.15, 0.2) is 0 Å². The van der Waals surface area contributed by atoms with Gasteiger partial charge in [-0.1, -0.05) is 18.2 Å². The number of aliphatic hydroxyl groups is 1. The number of hydrazine groups is 1. The number of hydrogen-bond donors (Lipinski definition) is 3. The van der Waals surface area contributed by atoms with E-state index in [1.54, 1.807) is 7.11 Å². The summed E-state index contributed by atoms with van der Waals surface area (Å²) in [4.78, 5) is 0. The molecule has 0 bridgehead atoms. The van der Waals surface area contributed by atoms with Crippen LogP contribution in [0, 0.1) is 0 Å². The van der Waals surface area contributed by atoms with Gasteiger partial charge in [-0.05, 0) is 6.07 Å². The van der Waals surface area contributed by atoms with E-state index in [2.05, 4.69) is 5.43 Å². The van der Waals surface area contributed by atoms with Gasteiger partial charge in [0.2, 0.25) is 0 Å². The number of hydrogen-bond acceptors (Lipinski definition) is 4. The quantitative estimate of drug-likeness (QED) is 0.466. The molecule has 1 unspecified atom stereocenters. The van der Waals surface area contributed by atoms with E-state index >= 15 is 0 Å². The second-order valence-electron chi connectivity index (χ2n) is 3.03. The summed E-state index contributed by atoms with van der Waals surface area (Å²) in [5.74, 6) is 5.98. The highest BCUT2D eigenvalue weighted by molar-refractivity contribution is 5.36. The normalized spacial score (nSPS) is 12.5. The lowest BCUT2D eigenvalue weighted by Crippen LogP contribution is -2.29. The Kier molecular flexibility index (Phi) is 4.39. The van der Waals surface area contributed by atoms with E-state index in [-0.39, 0.29) is 12.5 Å². The zero-order chi connectivity index (χ0) is 10.4. The van der Waals surface area contributed by atoms with Crippen molar-refractivity contribution < 1.29 is 9.84 Å². The molecule has 0 amide bonds. The molecule has 0 saturated carbocycles. The van der Waals surface area contributed by atoms with Gasteiger partial charge >= 0.3 is 0 Å². The number of methoxy groups -OCH3 is 1. The Bertz CT molecular complexity index is 279. The van der Waals surface area contributed by atoms with E-state index in [0.717, 1.165) is 11.3 Å². The first-order valence-corrected chi connectivity index (χ1v) is 4.50. The molecule has 0 fully saturated rings. The van der Waals surface area contributed by atoms with Gasteiger partial charge in [-0.3, -0.25) is 11.3 Å². The molecule has 4 heteroatoms. The first kappa shape index (κ1) is 11.0. The van der Waals surface area contributed by atoms with Gasteiger partial charge in [-0.15, -0.1) is 0 Å². The van der Waals surface area contributed by atoms with E-state index in [9.17, 15) is 5.11 Å². The smallest absolute Gasteiger partial charge is 0.122 e. The Hall–Kier alpha value is -1.10. The molecule has 0 heterocycles. The van der Waals surface area contributed by atoms with Crippen molar-refractivity contribution in [2.24, 2.45) is 5.84 Å². The number of aliphatic hydroxyl groups excluding tert-OH is 1. The monoisotopic (exact) mass is 196 g/mol. The average molecular weight is 196 g/mol. The van der Waals surface area contributed by atoms with Crippen molar-refractivity contribution in [3.63, 3.8) is 0 Å². The maximum Gasteiger partial charge on any atom is 0.122 e. The molecule has 1 aromatic rings. The van der Waals surface area contributed by atoms with Gasteiger partial charge in [0, 0.05) is 18.0 Å². The molecular weight excluding hydrogens is 180 g/mol. The van der Waals surface area contributed by atoms with Crippen LogP contribution in [0.2, 0.25) is 0 Å². The fourth-order valence-corrected chi connectivity index (χ4v) is 1.42. The van der Waals surface area contributed by atoms with E-state index in [0.29, 0.717) is 6.54 Å². The van der Waals surface area contributed by atoms with Crippen LogP contribution < -0.4 is 16.0 Å². The lowest BCUT2D eigenvalue weighted by molar-refractivity contribution is 0.258. The summed E-state index contributed by atoms with van der Waals surface area (Å²) in [5.41, 5.74) is 3.52. The van der Waals surface area contributed by atoms with Crippen LogP contribution in [0.25, 0.3) is 0 Å². The number of para-hydroxylation sites is 1. The number of nitrogens with two attached hydrogens (primary N) is 1. The summed E-state index contributed by atoms with van der Waals surface area (Å²) in [6, 6.07) is 7.61. The molecule has 1 aromatic carbocycles. The van der Waals surface area contributed by atoms with Crippen molar-refractivity contribution in [3.05, 3.63) is 29.8 Å². The van der Waals surface area contributed by atoms with Crippen molar-refractivity contribution >= 4 is 0 Å². The summed E-state index contributed by atoms with van der Waals surface area (Å²) < 4.78 is 5.19. The van der Waals surface area contributed by atoms with Crippen molar-refractivity contribution in [2.45, 2.75) is 5.92 Å². The second kappa shape index (κ2) is 5.59. The molecule has 0 aliphatic rings. The number of benzene rings is 1. The molecule has 0 radical (unpaired) electrons. The number of ether oxygens (including phenoxy) is 1. The van der Waals surface area contributed by atoms with Crippen LogP contribution in [0.3, 0.4) is 0 Å². The van der Waals surface area contributed by atoms with E-state index in [1.165, 1.54) is 0 Å². The van der Waals surface area contributed by atoms with Crippen LogP contribution >= 0.6 is 0 Å². The van der Waals surface area contributed by atoms with Crippen LogP contribution in [0.5, 0.6) is 5.75 Å². The first-order chi connectivity index (χ1) is 6.83. The largest absolute Gasteiger partial charge is 0.496 e. The van der Waals surface area contributed by atoms with Crippen LogP contribution in [0.4, 0.5) is 0 Å². The third-order valence-electron chi connectivity index (χ3n) is 2.16. The molecule has 0 saturated heterocycles. The fraction of sp³-hybridized carbons (Fsp3) is 0.400. The maximum absolute atomic E-state index is 9.18. The molecular formula is C10H16N2O2. The van der Waals surface area contributed by atoms with Gasteiger partial charge in [0.25, 0.3) is 0 Å². The topological polar surface area (TPSA) is 67.5 Å². The number of rotatable bonds is 5. The van der Waals surface area contributed by atoms with Crippen molar-refractivity contribution in [2.75, 3.05) is 20.3 Å². The Morgan fingerprint density at radius 1 is 1.50 bits per heavy atom. The van der Waals surface area contributed by atoms with Gasteiger partial charge in [0.1, 0.15) is 5.75 Å².